The second-order valence-corrected chi connectivity index (χ2v) is 8.10. The molecular weight excluding hydrogens is 423 g/mol. The molecule has 1 aliphatic heterocycles. The van der Waals surface area contributed by atoms with Crippen molar-refractivity contribution in [1.29, 1.82) is 0 Å². The number of imidazole rings is 1. The van der Waals surface area contributed by atoms with Gasteiger partial charge in [0.1, 0.15) is 5.82 Å². The zero-order chi connectivity index (χ0) is 22.9. The van der Waals surface area contributed by atoms with Crippen LogP contribution in [0.5, 0.6) is 0 Å². The molecule has 4 aromatic rings. The molecule has 3 N–H and O–H groups in total. The summed E-state index contributed by atoms with van der Waals surface area (Å²) in [6.45, 7) is 2.14. The Morgan fingerprint density at radius 1 is 1.18 bits per heavy atom. The zero-order valence-corrected chi connectivity index (χ0v) is 17.9. The van der Waals surface area contributed by atoms with Crippen LogP contribution in [-0.2, 0) is 4.79 Å². The van der Waals surface area contributed by atoms with Crippen LogP contribution in [0.3, 0.4) is 0 Å². The van der Waals surface area contributed by atoms with E-state index in [1.165, 1.54) is 12.1 Å². The second-order valence-electron chi connectivity index (χ2n) is 8.10. The van der Waals surface area contributed by atoms with Crippen molar-refractivity contribution in [3.63, 3.8) is 0 Å². The fraction of sp³-hybridized carbons (Fsp3) is 0.250. The first-order chi connectivity index (χ1) is 16.0. The van der Waals surface area contributed by atoms with Crippen LogP contribution in [0.4, 0.5) is 10.2 Å². The minimum absolute atomic E-state index is 0.212. The van der Waals surface area contributed by atoms with Gasteiger partial charge < -0.3 is 16.0 Å². The number of carbonyl (C=O) groups is 2. The highest BCUT2D eigenvalue weighted by atomic mass is 19.1. The van der Waals surface area contributed by atoms with Gasteiger partial charge >= 0.3 is 0 Å². The molecule has 0 aliphatic carbocycles. The van der Waals surface area contributed by atoms with E-state index in [4.69, 9.17) is 5.73 Å². The van der Waals surface area contributed by atoms with Crippen LogP contribution in [0.15, 0.2) is 48.7 Å². The summed E-state index contributed by atoms with van der Waals surface area (Å²) in [5.41, 5.74) is 9.08. The van der Waals surface area contributed by atoms with E-state index in [9.17, 15) is 14.0 Å². The first-order valence-electron chi connectivity index (χ1n) is 10.9. The van der Waals surface area contributed by atoms with Crippen molar-refractivity contribution < 1.29 is 14.0 Å². The maximum atomic E-state index is 14.1. The van der Waals surface area contributed by atoms with Gasteiger partial charge in [0.05, 0.1) is 22.9 Å². The maximum absolute atomic E-state index is 14.1. The number of nitrogens with two attached hydrogens (primary N) is 1. The number of likely N-dealkylation sites (tertiary alicyclic amines) is 1. The minimum Gasteiger partial charge on any atom is -0.367 e. The van der Waals surface area contributed by atoms with Crippen LogP contribution >= 0.6 is 0 Å². The number of fused-ring (bicyclic) bond motifs is 3. The highest BCUT2D eigenvalue weighted by molar-refractivity contribution is 5.93. The number of halogens is 1. The quantitative estimate of drug-likeness (QED) is 0.424. The minimum atomic E-state index is -0.501. The van der Waals surface area contributed by atoms with E-state index in [2.05, 4.69) is 15.3 Å². The Labute approximate surface area is 189 Å². The molecule has 0 saturated carbocycles. The summed E-state index contributed by atoms with van der Waals surface area (Å²) < 4.78 is 16.0. The molecule has 0 unspecified atom stereocenters. The molecule has 1 fully saturated rings. The average Bonchev–Trinajstić information content (AvgIpc) is 3.44. The molecule has 1 aliphatic rings. The molecule has 2 aromatic carbocycles. The summed E-state index contributed by atoms with van der Waals surface area (Å²) in [6, 6.07) is 11.3. The summed E-state index contributed by atoms with van der Waals surface area (Å²) >= 11 is 0. The van der Waals surface area contributed by atoms with Crippen molar-refractivity contribution in [2.24, 2.45) is 5.73 Å². The number of primary amides is 1. The Balaban J connectivity index is 1.50. The normalized spacial score (nSPS) is 13.8. The van der Waals surface area contributed by atoms with Gasteiger partial charge in [0, 0.05) is 43.2 Å². The molecule has 3 heterocycles. The van der Waals surface area contributed by atoms with E-state index in [1.54, 1.807) is 36.5 Å². The molecule has 33 heavy (non-hydrogen) atoms. The smallest absolute Gasteiger partial charge is 0.248 e. The zero-order valence-electron chi connectivity index (χ0n) is 17.9. The number of nitrogens with zero attached hydrogens (tertiary/aromatic N) is 4. The highest BCUT2D eigenvalue weighted by Crippen LogP contribution is 2.29. The van der Waals surface area contributed by atoms with E-state index in [0.29, 0.717) is 47.6 Å². The SMILES string of the molecule is NC(=O)c1ccc(-c2cnc3c(NCCCN4CCCC4=O)nc4ccc(F)cc4n23)cc1. The van der Waals surface area contributed by atoms with E-state index in [0.717, 1.165) is 30.6 Å². The molecule has 0 spiro atoms. The predicted octanol–water partition coefficient (Wildman–Crippen LogP) is 3.21. The summed E-state index contributed by atoms with van der Waals surface area (Å²) in [4.78, 5) is 34.3. The molecule has 0 bridgehead atoms. The molecular formula is C24H23FN6O2. The molecule has 2 amide bonds. The fourth-order valence-corrected chi connectivity index (χ4v) is 4.25. The topological polar surface area (TPSA) is 106 Å². The summed E-state index contributed by atoms with van der Waals surface area (Å²) in [5, 5.41) is 3.33. The number of carbonyl (C=O) groups excluding carboxylic acids is 2. The number of benzene rings is 2. The molecule has 5 rings (SSSR count). The van der Waals surface area contributed by atoms with E-state index >= 15 is 0 Å². The van der Waals surface area contributed by atoms with Crippen LogP contribution in [0.2, 0.25) is 0 Å². The number of rotatable bonds is 7. The lowest BCUT2D eigenvalue weighted by molar-refractivity contribution is -0.127. The molecule has 168 valence electrons. The molecule has 8 nitrogen and oxygen atoms in total. The lowest BCUT2D eigenvalue weighted by Gasteiger charge is -2.16. The Bertz CT molecular complexity index is 1370. The fourth-order valence-electron chi connectivity index (χ4n) is 4.25. The predicted molar refractivity (Wildman–Crippen MR) is 123 cm³/mol. The third-order valence-corrected chi connectivity index (χ3v) is 5.92. The number of hydrogen-bond donors (Lipinski definition) is 2. The van der Waals surface area contributed by atoms with Gasteiger partial charge in [0.2, 0.25) is 11.8 Å². The summed E-state index contributed by atoms with van der Waals surface area (Å²) in [6.07, 6.45) is 4.04. The largest absolute Gasteiger partial charge is 0.367 e. The highest BCUT2D eigenvalue weighted by Gasteiger charge is 2.19. The van der Waals surface area contributed by atoms with Crippen LogP contribution in [0.25, 0.3) is 27.9 Å². The van der Waals surface area contributed by atoms with Crippen LogP contribution in [0, 0.1) is 5.82 Å². The number of anilines is 1. The van der Waals surface area contributed by atoms with Crippen molar-refractivity contribution in [2.75, 3.05) is 25.0 Å². The first kappa shape index (κ1) is 20.9. The number of hydrogen-bond acceptors (Lipinski definition) is 5. The van der Waals surface area contributed by atoms with E-state index in [-0.39, 0.29) is 11.7 Å². The van der Waals surface area contributed by atoms with Crippen LogP contribution in [-0.4, -0.2) is 50.7 Å². The van der Waals surface area contributed by atoms with Crippen molar-refractivity contribution in [1.82, 2.24) is 19.3 Å². The van der Waals surface area contributed by atoms with Gasteiger partial charge in [-0.25, -0.2) is 14.4 Å². The number of nitrogens with one attached hydrogen (secondary N) is 1. The van der Waals surface area contributed by atoms with Gasteiger partial charge in [-0.05, 0) is 37.1 Å². The average molecular weight is 446 g/mol. The Hall–Kier alpha value is -4.01. The van der Waals surface area contributed by atoms with Crippen molar-refractivity contribution in [2.45, 2.75) is 19.3 Å². The van der Waals surface area contributed by atoms with Gasteiger partial charge in [-0.1, -0.05) is 12.1 Å². The third kappa shape index (κ3) is 3.97. The van der Waals surface area contributed by atoms with Gasteiger partial charge in [0.15, 0.2) is 11.5 Å². The first-order valence-corrected chi connectivity index (χ1v) is 10.9. The molecule has 0 radical (unpaired) electrons. The molecule has 2 aromatic heterocycles. The van der Waals surface area contributed by atoms with Gasteiger partial charge in [-0.15, -0.1) is 0 Å². The van der Waals surface area contributed by atoms with Gasteiger partial charge in [-0.3, -0.25) is 14.0 Å². The van der Waals surface area contributed by atoms with E-state index in [1.807, 2.05) is 9.30 Å². The van der Waals surface area contributed by atoms with Gasteiger partial charge in [-0.2, -0.15) is 0 Å². The third-order valence-electron chi connectivity index (χ3n) is 5.92. The van der Waals surface area contributed by atoms with E-state index < -0.39 is 5.91 Å². The lowest BCUT2D eigenvalue weighted by atomic mass is 10.1. The second kappa shape index (κ2) is 8.50. The van der Waals surface area contributed by atoms with Crippen molar-refractivity contribution >= 4 is 34.3 Å². The van der Waals surface area contributed by atoms with Crippen LogP contribution in [0.1, 0.15) is 29.6 Å². The van der Waals surface area contributed by atoms with Crippen LogP contribution < -0.4 is 11.1 Å². The van der Waals surface area contributed by atoms with Gasteiger partial charge in [0.25, 0.3) is 0 Å². The standard InChI is InChI=1S/C24H23FN6O2/c25-17-8-9-18-19(13-17)31-20(15-4-6-16(7-5-15)22(26)33)14-28-24(31)23(29-18)27-10-2-12-30-11-1-3-21(30)32/h4-9,13-14H,1-3,10-12H2,(H2,26,33)(H,27,29). The monoisotopic (exact) mass is 446 g/mol. The van der Waals surface area contributed by atoms with Crippen molar-refractivity contribution in [3.8, 4) is 11.3 Å². The molecule has 9 heteroatoms. The Morgan fingerprint density at radius 2 is 2.00 bits per heavy atom. The van der Waals surface area contributed by atoms with Crippen molar-refractivity contribution in [3.05, 3.63) is 60.0 Å². The summed E-state index contributed by atoms with van der Waals surface area (Å²) in [7, 11) is 0. The Kier molecular flexibility index (Phi) is 5.37. The number of aromatic nitrogens is 3. The Morgan fingerprint density at radius 3 is 2.73 bits per heavy atom. The molecule has 0 atom stereocenters. The molecule has 1 saturated heterocycles. The lowest BCUT2D eigenvalue weighted by Crippen LogP contribution is -2.27. The summed E-state index contributed by atoms with van der Waals surface area (Å²) in [5.74, 6) is -0.0748. The maximum Gasteiger partial charge on any atom is 0.248 e. The number of amides is 2.